The molecule has 0 aromatic heterocycles. The summed E-state index contributed by atoms with van der Waals surface area (Å²) in [5.41, 5.74) is 0. The van der Waals surface area contributed by atoms with Crippen molar-refractivity contribution in [3.05, 3.63) is 0 Å². The molecule has 0 aliphatic rings. The van der Waals surface area contributed by atoms with E-state index in [1.807, 2.05) is 0 Å². The summed E-state index contributed by atoms with van der Waals surface area (Å²) in [5.74, 6) is 0. The van der Waals surface area contributed by atoms with Crippen LogP contribution in [0.4, 0.5) is 10.5 Å². The summed E-state index contributed by atoms with van der Waals surface area (Å²) in [4.78, 5) is 0. The third kappa shape index (κ3) is 206. The van der Waals surface area contributed by atoms with Crippen molar-refractivity contribution in [3.8, 4) is 0 Å². The van der Waals surface area contributed by atoms with E-state index in [1.54, 1.807) is 0 Å². The van der Waals surface area contributed by atoms with Crippen LogP contribution in [-0.2, 0) is 22.7 Å². The van der Waals surface area contributed by atoms with Crippen LogP contribution >= 0.6 is 0 Å². The fraction of sp³-hybridized carbons (Fsp3) is 0. The van der Waals surface area contributed by atoms with Gasteiger partial charge in [-0.2, -0.15) is 0 Å². The molecule has 48 valence electrons. The summed E-state index contributed by atoms with van der Waals surface area (Å²) < 4.78 is 39.6. The van der Waals surface area contributed by atoms with E-state index in [0.29, 0.717) is 0 Å². The van der Waals surface area contributed by atoms with Crippen molar-refractivity contribution in [2.24, 2.45) is 0 Å². The molecule has 0 N–H and O–H groups in total. The maximum absolute atomic E-state index is 9.90. The maximum Gasteiger partial charge on any atom is 1.00 e. The average molecular weight is 219 g/mol. The molecular weight excluding hydrogens is 219 g/mol. The molecule has 0 nitrogen and oxygen atoms in total. The van der Waals surface area contributed by atoms with Crippen molar-refractivity contribution >= 4 is 0 Å². The Kier molecular flexibility index (Phi) is 42.6. The summed E-state index contributed by atoms with van der Waals surface area (Å²) >= 11 is -7.18. The van der Waals surface area contributed by atoms with E-state index in [2.05, 4.69) is 0 Å². The second-order valence-electron chi connectivity index (χ2n) is 0.429. The molecule has 0 bridgehead atoms. The zero-order valence-corrected chi connectivity index (χ0v) is 7.23. The van der Waals surface area contributed by atoms with Crippen molar-refractivity contribution in [3.63, 3.8) is 0 Å². The minimum absolute atomic E-state index is 0. The van der Waals surface area contributed by atoms with Gasteiger partial charge in [-0.1, -0.05) is 0 Å². The van der Waals surface area contributed by atoms with Crippen molar-refractivity contribution < 1.29 is 80.3 Å². The average Bonchev–Trinajstić information content (AvgIpc) is 0.722. The predicted octanol–water partition coefficient (Wildman–Crippen LogP) is -10.3. The van der Waals surface area contributed by atoms with Gasteiger partial charge in [0.05, 0.1) is 0 Å². The minimum atomic E-state index is -7.18. The standard InChI is InChI=1S/6FH.2Li.Zr/h6*1H;;;/q;;;;;;2*+1;+4/p-6. The Morgan fingerprint density at radius 2 is 0.667 bits per heavy atom. The van der Waals surface area contributed by atoms with E-state index in [4.69, 9.17) is 0 Å². The first-order chi connectivity index (χ1) is 2.00. The van der Waals surface area contributed by atoms with Gasteiger partial charge < -0.3 is 9.41 Å². The molecule has 9 heavy (non-hydrogen) atoms. The fourth-order valence-corrected chi connectivity index (χ4v) is 0. The summed E-state index contributed by atoms with van der Waals surface area (Å²) in [7, 11) is 0. The van der Waals surface area contributed by atoms with E-state index in [0.717, 1.165) is 0 Å². The van der Waals surface area contributed by atoms with Gasteiger partial charge in [0.25, 0.3) is 0 Å². The molecule has 0 radical (unpaired) electrons. The number of hydrogen-bond donors (Lipinski definition) is 0. The second-order valence-corrected chi connectivity index (χ2v) is 2.54. The van der Waals surface area contributed by atoms with Gasteiger partial charge >= 0.3 is 70.9 Å². The van der Waals surface area contributed by atoms with Crippen LogP contribution in [0.5, 0.6) is 0 Å². The van der Waals surface area contributed by atoms with E-state index in [1.165, 1.54) is 0 Å². The van der Waals surface area contributed by atoms with Crippen molar-refractivity contribution in [1.29, 1.82) is 0 Å². The number of rotatable bonds is 0. The molecule has 0 rings (SSSR count). The Morgan fingerprint density at radius 3 is 0.667 bits per heavy atom. The van der Waals surface area contributed by atoms with Crippen LogP contribution in [0.1, 0.15) is 0 Å². The van der Waals surface area contributed by atoms with Gasteiger partial charge in [-0.25, -0.2) is 0 Å². The monoisotopic (exact) mass is 218 g/mol. The molecule has 0 aliphatic heterocycles. The zero-order valence-electron chi connectivity index (χ0n) is 4.77. The normalized spacial score (nSPS) is 6.67. The van der Waals surface area contributed by atoms with E-state index in [9.17, 15) is 10.5 Å². The minimum Gasteiger partial charge on any atom is 1.00 e. The van der Waals surface area contributed by atoms with Crippen LogP contribution in [0, 0.1) is 0 Å². The molecule has 0 saturated heterocycles. The Morgan fingerprint density at radius 1 is 0.667 bits per heavy atom. The first kappa shape index (κ1) is 31.1. The van der Waals surface area contributed by atoms with Gasteiger partial charge in [0.15, 0.2) is 0 Å². The van der Waals surface area contributed by atoms with Crippen molar-refractivity contribution in [1.82, 2.24) is 0 Å². The van der Waals surface area contributed by atoms with Gasteiger partial charge in [-0.05, 0) is 0 Å². The molecule has 0 aromatic rings. The molecule has 0 spiro atoms. The van der Waals surface area contributed by atoms with E-state index in [-0.39, 0.29) is 47.1 Å². The maximum atomic E-state index is 9.90. The predicted molar refractivity (Wildman–Crippen MR) is 4.43 cm³/mol. The van der Waals surface area contributed by atoms with Gasteiger partial charge in [0.2, 0.25) is 0 Å². The number of hydrogen-bond acceptors (Lipinski definition) is 0. The molecule has 0 amide bonds. The van der Waals surface area contributed by atoms with E-state index >= 15 is 0 Å². The third-order valence-corrected chi connectivity index (χ3v) is 0. The van der Waals surface area contributed by atoms with Crippen LogP contribution in [0.15, 0.2) is 0 Å². The van der Waals surface area contributed by atoms with E-state index < -0.39 is 22.7 Å². The zero-order chi connectivity index (χ0) is 4.50. The molecule has 0 aromatic carbocycles. The summed E-state index contributed by atoms with van der Waals surface area (Å²) in [6, 6.07) is 0. The molecule has 0 saturated carbocycles. The van der Waals surface area contributed by atoms with Gasteiger partial charge in [0.1, 0.15) is 0 Å². The topological polar surface area (TPSA) is 0 Å². The van der Waals surface area contributed by atoms with Crippen LogP contribution in [0.3, 0.4) is 0 Å². The van der Waals surface area contributed by atoms with Crippen LogP contribution in [0.25, 0.3) is 0 Å². The first-order valence-electron chi connectivity index (χ1n) is 0.756. The molecule has 0 aliphatic carbocycles. The SMILES string of the molecule is [F-].[F-].[F][Zr]([F])([F])[F].[Li+].[Li+]. The summed E-state index contributed by atoms with van der Waals surface area (Å²) in [5, 5.41) is 0. The van der Waals surface area contributed by atoms with Crippen LogP contribution < -0.4 is 47.1 Å². The fourth-order valence-electron chi connectivity index (χ4n) is 0. The van der Waals surface area contributed by atoms with Crippen molar-refractivity contribution in [2.45, 2.75) is 0 Å². The second kappa shape index (κ2) is 12.3. The number of halogens is 6. The molecule has 0 atom stereocenters. The Hall–Kier alpha value is 1.66. The molecular formula is F6Li2Zr. The summed E-state index contributed by atoms with van der Waals surface area (Å²) in [6.07, 6.45) is 0. The van der Waals surface area contributed by atoms with Crippen molar-refractivity contribution in [2.75, 3.05) is 0 Å². The van der Waals surface area contributed by atoms with Gasteiger partial charge in [-0.15, -0.1) is 0 Å². The molecule has 9 heteroatoms. The largest absolute Gasteiger partial charge is 1.00 e. The van der Waals surface area contributed by atoms with Gasteiger partial charge in [0, 0.05) is 0 Å². The smallest absolute Gasteiger partial charge is 1.00 e. The van der Waals surface area contributed by atoms with Crippen LogP contribution in [0.2, 0.25) is 0 Å². The molecule has 0 fully saturated rings. The molecule has 0 unspecified atom stereocenters. The van der Waals surface area contributed by atoms with Crippen LogP contribution in [-0.4, -0.2) is 0 Å². The molecule has 0 heterocycles. The third-order valence-electron chi connectivity index (χ3n) is 0. The Bertz CT molecular complexity index is 26.5. The Labute approximate surface area is 79.8 Å². The van der Waals surface area contributed by atoms with Gasteiger partial charge in [-0.3, -0.25) is 0 Å². The Balaban J connectivity index is -0.0000000133. The first-order valence-corrected chi connectivity index (χ1v) is 4.47. The quantitative estimate of drug-likeness (QED) is 0.280. The summed E-state index contributed by atoms with van der Waals surface area (Å²) in [6.45, 7) is 0.